The molecular formula is C42H36O4S2. The highest BCUT2D eigenvalue weighted by atomic mass is 32.2. The number of carbonyl (C=O) groups is 3. The Balaban J connectivity index is 1.09. The first-order valence-corrected chi connectivity index (χ1v) is 18.2. The molecule has 0 bridgehead atoms. The Morgan fingerprint density at radius 2 is 1.12 bits per heavy atom. The summed E-state index contributed by atoms with van der Waals surface area (Å²) >= 11 is 2.91. The van der Waals surface area contributed by atoms with Gasteiger partial charge >= 0.3 is 5.97 Å². The standard InChI is InChI=1S/C42H36O4S2/c1-3-46-42(45)31-20-24-33(25-21-31)48-37-9-5-7-35-39(37)41(44)34-6-4-8-36(38(34)40(35)43)47-32-22-18-30(19-23-32)29-16-14-28(15-17-29)27-12-10-26(2)11-13-27/h4-9,14-27H,3,10-13H2,1-2H3. The molecule has 6 heteroatoms. The van der Waals surface area contributed by atoms with Crippen LogP contribution in [0.15, 0.2) is 129 Å². The van der Waals surface area contributed by atoms with Crippen LogP contribution in [0.25, 0.3) is 11.1 Å². The topological polar surface area (TPSA) is 60.4 Å². The fraction of sp³-hybridized carbons (Fsp3) is 0.214. The number of hydrogen-bond donors (Lipinski definition) is 0. The Bertz CT molecular complexity index is 1990. The average molecular weight is 669 g/mol. The van der Waals surface area contributed by atoms with Crippen LogP contribution in [0.1, 0.15) is 93.2 Å². The minimum Gasteiger partial charge on any atom is -0.462 e. The zero-order valence-electron chi connectivity index (χ0n) is 27.0. The fourth-order valence-electron chi connectivity index (χ4n) is 6.73. The van der Waals surface area contributed by atoms with Crippen molar-refractivity contribution in [3.05, 3.63) is 143 Å². The molecule has 7 rings (SSSR count). The number of esters is 1. The molecule has 240 valence electrons. The summed E-state index contributed by atoms with van der Waals surface area (Å²) in [5.74, 6) is 0.846. The van der Waals surface area contributed by atoms with Crippen LogP contribution in [-0.4, -0.2) is 24.1 Å². The van der Waals surface area contributed by atoms with Gasteiger partial charge in [0.2, 0.25) is 0 Å². The van der Waals surface area contributed by atoms with E-state index >= 15 is 0 Å². The molecule has 0 aromatic heterocycles. The molecule has 4 nitrogen and oxygen atoms in total. The van der Waals surface area contributed by atoms with E-state index in [2.05, 4.69) is 55.5 Å². The highest BCUT2D eigenvalue weighted by molar-refractivity contribution is 7.99. The zero-order chi connectivity index (χ0) is 33.2. The van der Waals surface area contributed by atoms with Crippen molar-refractivity contribution in [2.45, 2.75) is 65.0 Å². The van der Waals surface area contributed by atoms with Gasteiger partial charge in [-0.15, -0.1) is 0 Å². The summed E-state index contributed by atoms with van der Waals surface area (Å²) in [7, 11) is 0. The summed E-state index contributed by atoms with van der Waals surface area (Å²) in [6, 6.07) is 35.5. The molecule has 0 spiro atoms. The molecule has 0 N–H and O–H groups in total. The maximum Gasteiger partial charge on any atom is 0.338 e. The third kappa shape index (κ3) is 6.52. The van der Waals surface area contributed by atoms with Crippen molar-refractivity contribution in [1.29, 1.82) is 0 Å². The molecule has 1 fully saturated rings. The van der Waals surface area contributed by atoms with E-state index in [1.54, 1.807) is 31.2 Å². The van der Waals surface area contributed by atoms with Crippen LogP contribution < -0.4 is 0 Å². The summed E-state index contributed by atoms with van der Waals surface area (Å²) in [5.41, 5.74) is 5.97. The second-order valence-corrected chi connectivity index (χ2v) is 14.8. The van der Waals surface area contributed by atoms with Gasteiger partial charge in [-0.2, -0.15) is 0 Å². The third-order valence-corrected chi connectivity index (χ3v) is 11.5. The summed E-state index contributed by atoms with van der Waals surface area (Å²) in [4.78, 5) is 43.4. The molecular weight excluding hydrogens is 633 g/mol. The molecule has 5 aromatic rings. The third-order valence-electron chi connectivity index (χ3n) is 9.40. The SMILES string of the molecule is CCOC(=O)c1ccc(Sc2cccc3c2C(=O)c2cccc(Sc4ccc(-c5ccc(C6CCC(C)CC6)cc5)cc4)c2C3=O)cc1. The van der Waals surface area contributed by atoms with Gasteiger partial charge in [-0.1, -0.05) is 104 Å². The Morgan fingerprint density at radius 1 is 0.646 bits per heavy atom. The molecule has 48 heavy (non-hydrogen) atoms. The largest absolute Gasteiger partial charge is 0.462 e. The van der Waals surface area contributed by atoms with Gasteiger partial charge in [0.15, 0.2) is 11.6 Å². The van der Waals surface area contributed by atoms with Crippen LogP contribution in [0.5, 0.6) is 0 Å². The van der Waals surface area contributed by atoms with Crippen molar-refractivity contribution >= 4 is 41.1 Å². The van der Waals surface area contributed by atoms with E-state index in [-0.39, 0.29) is 17.5 Å². The molecule has 5 aromatic carbocycles. The van der Waals surface area contributed by atoms with E-state index in [0.717, 1.165) is 26.2 Å². The molecule has 1 saturated carbocycles. The number of hydrogen-bond acceptors (Lipinski definition) is 6. The number of fused-ring (bicyclic) bond motifs is 2. The Labute approximate surface area is 290 Å². The normalized spacial score (nSPS) is 17.0. The Morgan fingerprint density at radius 3 is 1.62 bits per heavy atom. The fourth-order valence-corrected chi connectivity index (χ4v) is 8.69. The lowest BCUT2D eigenvalue weighted by molar-refractivity contribution is 0.0526. The molecule has 0 radical (unpaired) electrons. The van der Waals surface area contributed by atoms with Gasteiger partial charge in [0.05, 0.1) is 12.2 Å². The Hall–Kier alpha value is -4.39. The van der Waals surface area contributed by atoms with Crippen LogP contribution in [-0.2, 0) is 4.74 Å². The first-order valence-electron chi connectivity index (χ1n) is 16.6. The minimum absolute atomic E-state index is 0.146. The smallest absolute Gasteiger partial charge is 0.338 e. The van der Waals surface area contributed by atoms with Gasteiger partial charge in [0.25, 0.3) is 0 Å². The van der Waals surface area contributed by atoms with Gasteiger partial charge in [0, 0.05) is 41.8 Å². The predicted molar refractivity (Wildman–Crippen MR) is 193 cm³/mol. The summed E-state index contributed by atoms with van der Waals surface area (Å²) in [6.07, 6.45) is 5.20. The second kappa shape index (κ2) is 14.0. The van der Waals surface area contributed by atoms with Gasteiger partial charge in [-0.25, -0.2) is 4.79 Å². The van der Waals surface area contributed by atoms with Crippen LogP contribution >= 0.6 is 23.5 Å². The summed E-state index contributed by atoms with van der Waals surface area (Å²) in [6.45, 7) is 4.44. The number of rotatable bonds is 8. The molecule has 2 aliphatic carbocycles. The average Bonchev–Trinajstić information content (AvgIpc) is 3.12. The van der Waals surface area contributed by atoms with E-state index in [1.807, 2.05) is 36.4 Å². The van der Waals surface area contributed by atoms with Crippen molar-refractivity contribution in [3.8, 4) is 11.1 Å². The van der Waals surface area contributed by atoms with Gasteiger partial charge in [-0.05, 0) is 96.8 Å². The second-order valence-electron chi connectivity index (χ2n) is 12.6. The number of carbonyl (C=O) groups excluding carboxylic acids is 3. The van der Waals surface area contributed by atoms with Crippen molar-refractivity contribution < 1.29 is 19.1 Å². The predicted octanol–water partition coefficient (Wildman–Crippen LogP) is 10.9. The number of benzene rings is 5. The highest BCUT2D eigenvalue weighted by Gasteiger charge is 2.34. The van der Waals surface area contributed by atoms with E-state index in [0.29, 0.717) is 45.2 Å². The van der Waals surface area contributed by atoms with Gasteiger partial charge in [0.1, 0.15) is 0 Å². The monoisotopic (exact) mass is 668 g/mol. The zero-order valence-corrected chi connectivity index (χ0v) is 28.7. The van der Waals surface area contributed by atoms with Gasteiger partial charge in [-0.3, -0.25) is 9.59 Å². The Kier molecular flexibility index (Phi) is 9.38. The van der Waals surface area contributed by atoms with Crippen LogP contribution in [0.4, 0.5) is 0 Å². The van der Waals surface area contributed by atoms with Crippen molar-refractivity contribution in [3.63, 3.8) is 0 Å². The van der Waals surface area contributed by atoms with Crippen LogP contribution in [0, 0.1) is 5.92 Å². The summed E-state index contributed by atoms with van der Waals surface area (Å²) in [5, 5.41) is 0. The lowest BCUT2D eigenvalue weighted by Crippen LogP contribution is -2.22. The molecule has 0 aliphatic heterocycles. The van der Waals surface area contributed by atoms with E-state index in [4.69, 9.17) is 4.74 Å². The lowest BCUT2D eigenvalue weighted by atomic mass is 9.79. The maximum absolute atomic E-state index is 14.0. The quantitative estimate of drug-likeness (QED) is 0.150. The van der Waals surface area contributed by atoms with E-state index in [1.165, 1.54) is 60.3 Å². The molecule has 2 aliphatic rings. The molecule has 0 saturated heterocycles. The first kappa shape index (κ1) is 32.2. The van der Waals surface area contributed by atoms with Crippen LogP contribution in [0.3, 0.4) is 0 Å². The van der Waals surface area contributed by atoms with Crippen molar-refractivity contribution in [1.82, 2.24) is 0 Å². The lowest BCUT2D eigenvalue weighted by Gasteiger charge is -2.26. The molecule has 0 atom stereocenters. The minimum atomic E-state index is -0.373. The van der Waals surface area contributed by atoms with Crippen molar-refractivity contribution in [2.24, 2.45) is 5.92 Å². The van der Waals surface area contributed by atoms with Crippen LogP contribution in [0.2, 0.25) is 0 Å². The van der Waals surface area contributed by atoms with Gasteiger partial charge < -0.3 is 4.74 Å². The number of ketones is 2. The number of ether oxygens (including phenoxy) is 1. The van der Waals surface area contributed by atoms with E-state index < -0.39 is 0 Å². The van der Waals surface area contributed by atoms with Crippen molar-refractivity contribution in [2.75, 3.05) is 6.61 Å². The molecule has 0 amide bonds. The maximum atomic E-state index is 14.0. The highest BCUT2D eigenvalue weighted by Crippen LogP contribution is 2.42. The van der Waals surface area contributed by atoms with E-state index in [9.17, 15) is 14.4 Å². The first-order chi connectivity index (χ1) is 23.4. The summed E-state index contributed by atoms with van der Waals surface area (Å²) < 4.78 is 5.08. The molecule has 0 unspecified atom stereocenters. The molecule has 0 heterocycles.